The highest BCUT2D eigenvalue weighted by molar-refractivity contribution is 5.20. The molecule has 0 aliphatic carbocycles. The van der Waals surface area contributed by atoms with Gasteiger partial charge >= 0.3 is 0 Å². The van der Waals surface area contributed by atoms with Gasteiger partial charge in [0.15, 0.2) is 0 Å². The van der Waals surface area contributed by atoms with Crippen molar-refractivity contribution in [1.29, 1.82) is 0 Å². The number of benzene rings is 1. The summed E-state index contributed by atoms with van der Waals surface area (Å²) in [5, 5.41) is 0. The van der Waals surface area contributed by atoms with Gasteiger partial charge in [0.1, 0.15) is 5.82 Å². The molecule has 0 saturated carbocycles. The maximum atomic E-state index is 13.3. The Kier molecular flexibility index (Phi) is 4.36. The Balaban J connectivity index is 2.17. The van der Waals surface area contributed by atoms with Crippen LogP contribution in [0.4, 0.5) is 4.39 Å². The summed E-state index contributed by atoms with van der Waals surface area (Å²) in [7, 11) is 0. The van der Waals surface area contributed by atoms with Gasteiger partial charge in [-0.15, -0.1) is 0 Å². The molecule has 0 bridgehead atoms. The van der Waals surface area contributed by atoms with E-state index in [0.29, 0.717) is 5.92 Å². The largest absolute Gasteiger partial charge is 0.327 e. The van der Waals surface area contributed by atoms with E-state index in [0.717, 1.165) is 31.5 Å². The molecule has 3 atom stereocenters. The van der Waals surface area contributed by atoms with Crippen molar-refractivity contribution in [3.63, 3.8) is 0 Å². The van der Waals surface area contributed by atoms with Crippen molar-refractivity contribution in [1.82, 2.24) is 4.90 Å². The lowest BCUT2D eigenvalue weighted by Crippen LogP contribution is -2.47. The molecule has 0 amide bonds. The van der Waals surface area contributed by atoms with Crippen molar-refractivity contribution in [2.45, 2.75) is 38.8 Å². The lowest BCUT2D eigenvalue weighted by Gasteiger charge is -2.40. The molecule has 1 aromatic rings. The van der Waals surface area contributed by atoms with Crippen LogP contribution in [-0.2, 0) is 0 Å². The minimum atomic E-state index is -0.152. The number of hydrogen-bond donors (Lipinski definition) is 1. The van der Waals surface area contributed by atoms with E-state index in [2.05, 4.69) is 18.7 Å². The van der Waals surface area contributed by atoms with Crippen LogP contribution in [0.3, 0.4) is 0 Å². The fraction of sp³-hybridized carbons (Fsp3) is 0.600. The molecular formula is C15H23FN2. The van der Waals surface area contributed by atoms with Crippen LogP contribution in [0.25, 0.3) is 0 Å². The molecular weight excluding hydrogens is 227 g/mol. The van der Waals surface area contributed by atoms with Gasteiger partial charge in [0, 0.05) is 25.2 Å². The zero-order valence-electron chi connectivity index (χ0n) is 11.3. The first-order valence-corrected chi connectivity index (χ1v) is 6.85. The third-order valence-corrected chi connectivity index (χ3v) is 3.78. The Morgan fingerprint density at radius 3 is 2.83 bits per heavy atom. The molecule has 0 radical (unpaired) electrons. The van der Waals surface area contributed by atoms with E-state index in [-0.39, 0.29) is 17.9 Å². The summed E-state index contributed by atoms with van der Waals surface area (Å²) in [6.07, 6.45) is 2.08. The number of halogens is 1. The fourth-order valence-corrected chi connectivity index (χ4v) is 3.12. The minimum Gasteiger partial charge on any atom is -0.327 e. The minimum absolute atomic E-state index is 0.152. The topological polar surface area (TPSA) is 29.3 Å². The second-order valence-electron chi connectivity index (χ2n) is 5.53. The van der Waals surface area contributed by atoms with Crippen LogP contribution in [0.15, 0.2) is 24.3 Å². The van der Waals surface area contributed by atoms with Gasteiger partial charge in [-0.2, -0.15) is 0 Å². The van der Waals surface area contributed by atoms with Crippen LogP contribution in [0.2, 0.25) is 0 Å². The first-order chi connectivity index (χ1) is 8.60. The van der Waals surface area contributed by atoms with Crippen molar-refractivity contribution in [2.24, 2.45) is 11.7 Å². The summed E-state index contributed by atoms with van der Waals surface area (Å²) in [6.45, 7) is 6.37. The van der Waals surface area contributed by atoms with E-state index in [1.807, 2.05) is 6.07 Å². The van der Waals surface area contributed by atoms with Gasteiger partial charge in [-0.25, -0.2) is 4.39 Å². The van der Waals surface area contributed by atoms with E-state index in [1.54, 1.807) is 12.1 Å². The molecule has 1 saturated heterocycles. The molecule has 2 rings (SSSR count). The lowest BCUT2D eigenvalue weighted by atomic mass is 9.92. The van der Waals surface area contributed by atoms with Gasteiger partial charge in [-0.1, -0.05) is 26.0 Å². The Morgan fingerprint density at radius 2 is 2.22 bits per heavy atom. The van der Waals surface area contributed by atoms with Gasteiger partial charge in [0.2, 0.25) is 0 Å². The number of hydrogen-bond acceptors (Lipinski definition) is 2. The highest BCUT2D eigenvalue weighted by Crippen LogP contribution is 2.29. The fourth-order valence-electron chi connectivity index (χ4n) is 3.12. The van der Waals surface area contributed by atoms with E-state index in [9.17, 15) is 4.39 Å². The van der Waals surface area contributed by atoms with Gasteiger partial charge < -0.3 is 5.73 Å². The van der Waals surface area contributed by atoms with Crippen molar-refractivity contribution in [3.8, 4) is 0 Å². The molecule has 100 valence electrons. The molecule has 18 heavy (non-hydrogen) atoms. The molecule has 1 fully saturated rings. The van der Waals surface area contributed by atoms with E-state index < -0.39 is 0 Å². The van der Waals surface area contributed by atoms with Crippen LogP contribution in [0.5, 0.6) is 0 Å². The smallest absolute Gasteiger partial charge is 0.123 e. The highest BCUT2D eigenvalue weighted by atomic mass is 19.1. The van der Waals surface area contributed by atoms with E-state index in [4.69, 9.17) is 5.73 Å². The monoisotopic (exact) mass is 250 g/mol. The standard InChI is InChI=1S/C15H23FN2/c1-3-15(12-5-4-6-13(16)8-12)18-9-11(2)7-14(17)10-18/h4-6,8,11,14-15H,3,7,9-10,17H2,1-2H3. The Hall–Kier alpha value is -0.930. The van der Waals surface area contributed by atoms with Crippen molar-refractivity contribution >= 4 is 0 Å². The summed E-state index contributed by atoms with van der Waals surface area (Å²) < 4.78 is 13.3. The van der Waals surface area contributed by atoms with Crippen LogP contribution in [-0.4, -0.2) is 24.0 Å². The average Bonchev–Trinajstić information content (AvgIpc) is 2.28. The van der Waals surface area contributed by atoms with Crippen LogP contribution in [0, 0.1) is 11.7 Å². The number of rotatable bonds is 3. The number of likely N-dealkylation sites (tertiary alicyclic amines) is 1. The van der Waals surface area contributed by atoms with Crippen molar-refractivity contribution in [3.05, 3.63) is 35.6 Å². The molecule has 1 aliphatic heterocycles. The van der Waals surface area contributed by atoms with Gasteiger partial charge in [-0.05, 0) is 36.5 Å². The summed E-state index contributed by atoms with van der Waals surface area (Å²) in [6, 6.07) is 7.49. The third-order valence-electron chi connectivity index (χ3n) is 3.78. The van der Waals surface area contributed by atoms with E-state index in [1.165, 1.54) is 6.07 Å². The number of nitrogens with two attached hydrogens (primary N) is 1. The first kappa shape index (κ1) is 13.5. The second-order valence-corrected chi connectivity index (χ2v) is 5.53. The molecule has 0 aromatic heterocycles. The van der Waals surface area contributed by atoms with Crippen molar-refractivity contribution in [2.75, 3.05) is 13.1 Å². The maximum absolute atomic E-state index is 13.3. The predicted molar refractivity (Wildman–Crippen MR) is 72.8 cm³/mol. The predicted octanol–water partition coefficient (Wildman–Crippen LogP) is 2.95. The summed E-state index contributed by atoms with van der Waals surface area (Å²) >= 11 is 0. The lowest BCUT2D eigenvalue weighted by molar-refractivity contribution is 0.112. The summed E-state index contributed by atoms with van der Waals surface area (Å²) in [4.78, 5) is 2.41. The molecule has 1 aromatic carbocycles. The van der Waals surface area contributed by atoms with Crippen LogP contribution >= 0.6 is 0 Å². The quantitative estimate of drug-likeness (QED) is 0.893. The van der Waals surface area contributed by atoms with E-state index >= 15 is 0 Å². The molecule has 1 aliphatic rings. The summed E-state index contributed by atoms with van der Waals surface area (Å²) in [5.41, 5.74) is 7.17. The SMILES string of the molecule is CCC(c1cccc(F)c1)N1CC(C)CC(N)C1. The normalized spacial score (nSPS) is 27.1. The first-order valence-electron chi connectivity index (χ1n) is 6.85. The zero-order valence-corrected chi connectivity index (χ0v) is 11.3. The van der Waals surface area contributed by atoms with Gasteiger partial charge in [0.05, 0.1) is 0 Å². The van der Waals surface area contributed by atoms with Gasteiger partial charge in [-0.3, -0.25) is 4.90 Å². The average molecular weight is 250 g/mol. The number of nitrogens with zero attached hydrogens (tertiary/aromatic N) is 1. The molecule has 1 heterocycles. The Labute approximate surface area is 109 Å². The molecule has 2 N–H and O–H groups in total. The maximum Gasteiger partial charge on any atom is 0.123 e. The van der Waals surface area contributed by atoms with Crippen molar-refractivity contribution < 1.29 is 4.39 Å². The molecule has 3 unspecified atom stereocenters. The molecule has 3 heteroatoms. The van der Waals surface area contributed by atoms with Gasteiger partial charge in [0.25, 0.3) is 0 Å². The number of piperidine rings is 1. The third kappa shape index (κ3) is 3.09. The Morgan fingerprint density at radius 1 is 1.44 bits per heavy atom. The summed E-state index contributed by atoms with van der Waals surface area (Å²) in [5.74, 6) is 0.469. The second kappa shape index (κ2) is 5.81. The van der Waals surface area contributed by atoms with Crippen LogP contribution in [0.1, 0.15) is 38.3 Å². The Bertz CT molecular complexity index is 384. The highest BCUT2D eigenvalue weighted by Gasteiger charge is 2.27. The zero-order chi connectivity index (χ0) is 13.1. The molecule has 2 nitrogen and oxygen atoms in total. The molecule has 0 spiro atoms. The van der Waals surface area contributed by atoms with Crippen LogP contribution < -0.4 is 5.73 Å².